The fraction of sp³-hybridized carbons (Fsp3) is 0.500. The highest BCUT2D eigenvalue weighted by Gasteiger charge is 2.16. The molecule has 98 valence electrons. The second-order valence-corrected chi connectivity index (χ2v) is 4.77. The molecule has 1 saturated carbocycles. The monoisotopic (exact) mass is 248 g/mol. The first-order chi connectivity index (χ1) is 8.74. The van der Waals surface area contributed by atoms with Crippen LogP contribution in [0.15, 0.2) is 24.3 Å². The van der Waals surface area contributed by atoms with Crippen LogP contribution in [0, 0.1) is 0 Å². The molecular formula is C14H20N2O2. The first-order valence-electron chi connectivity index (χ1n) is 6.57. The Morgan fingerprint density at radius 2 is 1.94 bits per heavy atom. The minimum atomic E-state index is -0.382. The molecule has 4 nitrogen and oxygen atoms in total. The predicted molar refractivity (Wildman–Crippen MR) is 72.4 cm³/mol. The van der Waals surface area contributed by atoms with Crippen LogP contribution in [-0.2, 0) is 4.74 Å². The smallest absolute Gasteiger partial charge is 0.411 e. The van der Waals surface area contributed by atoms with Crippen molar-refractivity contribution in [2.45, 2.75) is 44.6 Å². The maximum absolute atomic E-state index is 11.7. The van der Waals surface area contributed by atoms with E-state index in [9.17, 15) is 4.79 Å². The first kappa shape index (κ1) is 12.7. The fourth-order valence-corrected chi connectivity index (χ4v) is 2.27. The summed E-state index contributed by atoms with van der Waals surface area (Å²) in [4.78, 5) is 11.7. The van der Waals surface area contributed by atoms with Gasteiger partial charge in [0.2, 0.25) is 0 Å². The van der Waals surface area contributed by atoms with E-state index in [-0.39, 0.29) is 12.2 Å². The van der Waals surface area contributed by atoms with Crippen LogP contribution in [0.2, 0.25) is 0 Å². The molecule has 2 rings (SSSR count). The molecule has 1 amide bonds. The van der Waals surface area contributed by atoms with Crippen LogP contribution < -0.4 is 11.1 Å². The van der Waals surface area contributed by atoms with E-state index in [2.05, 4.69) is 5.32 Å². The first-order valence-corrected chi connectivity index (χ1v) is 6.57. The summed E-state index contributed by atoms with van der Waals surface area (Å²) in [5.74, 6) is 0. The molecule has 0 saturated heterocycles. The van der Waals surface area contributed by atoms with E-state index < -0.39 is 0 Å². The molecule has 0 aliphatic heterocycles. The predicted octanol–water partition coefficient (Wildman–Crippen LogP) is 3.54. The van der Waals surface area contributed by atoms with Crippen molar-refractivity contribution in [1.82, 2.24) is 0 Å². The van der Waals surface area contributed by atoms with Gasteiger partial charge in [-0.3, -0.25) is 5.32 Å². The summed E-state index contributed by atoms with van der Waals surface area (Å²) < 4.78 is 5.42. The molecule has 1 aliphatic carbocycles. The third kappa shape index (κ3) is 3.95. The number of anilines is 2. The molecule has 0 atom stereocenters. The van der Waals surface area contributed by atoms with E-state index in [0.29, 0.717) is 11.4 Å². The lowest BCUT2D eigenvalue weighted by molar-refractivity contribution is 0.101. The summed E-state index contributed by atoms with van der Waals surface area (Å²) in [7, 11) is 0. The molecule has 0 spiro atoms. The van der Waals surface area contributed by atoms with Crippen molar-refractivity contribution in [2.75, 3.05) is 11.1 Å². The molecule has 1 aromatic carbocycles. The zero-order valence-electron chi connectivity index (χ0n) is 10.5. The Morgan fingerprint density at radius 1 is 1.22 bits per heavy atom. The number of nitrogens with one attached hydrogen (secondary N) is 1. The summed E-state index contributed by atoms with van der Waals surface area (Å²) in [6.45, 7) is 0. The molecule has 18 heavy (non-hydrogen) atoms. The van der Waals surface area contributed by atoms with Gasteiger partial charge >= 0.3 is 6.09 Å². The minimum Gasteiger partial charge on any atom is -0.446 e. The van der Waals surface area contributed by atoms with Crippen LogP contribution in [0.4, 0.5) is 16.2 Å². The lowest BCUT2D eigenvalue weighted by Gasteiger charge is -2.15. The number of amides is 1. The molecule has 4 heteroatoms. The van der Waals surface area contributed by atoms with Crippen molar-refractivity contribution in [3.63, 3.8) is 0 Å². The van der Waals surface area contributed by atoms with Crippen LogP contribution in [0.3, 0.4) is 0 Å². The summed E-state index contributed by atoms with van der Waals surface area (Å²) in [5.41, 5.74) is 6.95. The molecule has 0 heterocycles. The van der Waals surface area contributed by atoms with Gasteiger partial charge in [-0.25, -0.2) is 4.79 Å². The molecule has 0 aromatic heterocycles. The second kappa shape index (κ2) is 6.28. The van der Waals surface area contributed by atoms with Gasteiger partial charge in [0.1, 0.15) is 6.10 Å². The topological polar surface area (TPSA) is 64.3 Å². The van der Waals surface area contributed by atoms with E-state index in [1.54, 1.807) is 24.3 Å². The average Bonchev–Trinajstić information content (AvgIpc) is 2.57. The van der Waals surface area contributed by atoms with Gasteiger partial charge < -0.3 is 10.5 Å². The van der Waals surface area contributed by atoms with Crippen molar-refractivity contribution < 1.29 is 9.53 Å². The number of carbonyl (C=O) groups excluding carboxylic acids is 1. The third-order valence-corrected chi connectivity index (χ3v) is 3.21. The quantitative estimate of drug-likeness (QED) is 0.621. The van der Waals surface area contributed by atoms with Crippen LogP contribution in [0.1, 0.15) is 38.5 Å². The van der Waals surface area contributed by atoms with E-state index in [0.717, 1.165) is 25.7 Å². The third-order valence-electron chi connectivity index (χ3n) is 3.21. The lowest BCUT2D eigenvalue weighted by Crippen LogP contribution is -2.22. The van der Waals surface area contributed by atoms with Crippen LogP contribution in [0.5, 0.6) is 0 Å². The summed E-state index contributed by atoms with van der Waals surface area (Å²) in [6, 6.07) is 7.09. The zero-order valence-corrected chi connectivity index (χ0v) is 10.5. The number of hydrogen-bond donors (Lipinski definition) is 2. The Morgan fingerprint density at radius 3 is 2.61 bits per heavy atom. The van der Waals surface area contributed by atoms with E-state index in [4.69, 9.17) is 10.5 Å². The number of carbonyl (C=O) groups is 1. The number of ether oxygens (including phenoxy) is 1. The fourth-order valence-electron chi connectivity index (χ4n) is 2.27. The minimum absolute atomic E-state index is 0.0635. The summed E-state index contributed by atoms with van der Waals surface area (Å²) in [6.07, 6.45) is 6.43. The number of nitrogens with two attached hydrogens (primary N) is 1. The maximum Gasteiger partial charge on any atom is 0.411 e. The van der Waals surface area contributed by atoms with Gasteiger partial charge in [-0.15, -0.1) is 0 Å². The van der Waals surface area contributed by atoms with Crippen LogP contribution in [0.25, 0.3) is 0 Å². The van der Waals surface area contributed by atoms with E-state index in [1.165, 1.54) is 12.8 Å². The lowest BCUT2D eigenvalue weighted by atomic mass is 10.2. The molecule has 0 unspecified atom stereocenters. The Bertz CT molecular complexity index is 399. The van der Waals surface area contributed by atoms with Crippen molar-refractivity contribution in [1.29, 1.82) is 0 Å². The molecule has 0 radical (unpaired) electrons. The maximum atomic E-state index is 11.7. The molecule has 1 fully saturated rings. The summed E-state index contributed by atoms with van der Waals surface area (Å²) in [5, 5.41) is 2.71. The number of hydrogen-bond acceptors (Lipinski definition) is 3. The molecule has 3 N–H and O–H groups in total. The van der Waals surface area contributed by atoms with Gasteiger partial charge in [-0.1, -0.05) is 18.9 Å². The van der Waals surface area contributed by atoms with Gasteiger partial charge in [0.05, 0.1) is 0 Å². The highest BCUT2D eigenvalue weighted by atomic mass is 16.6. The Balaban J connectivity index is 1.84. The Kier molecular flexibility index (Phi) is 4.45. The van der Waals surface area contributed by atoms with Crippen LogP contribution >= 0.6 is 0 Å². The Labute approximate surface area is 108 Å². The SMILES string of the molecule is Nc1cccc(NC(=O)OC2CCCCCC2)c1. The van der Waals surface area contributed by atoms with Crippen molar-refractivity contribution >= 4 is 17.5 Å². The van der Waals surface area contributed by atoms with E-state index in [1.807, 2.05) is 0 Å². The van der Waals surface area contributed by atoms with Gasteiger partial charge in [0.15, 0.2) is 0 Å². The van der Waals surface area contributed by atoms with Crippen LogP contribution in [-0.4, -0.2) is 12.2 Å². The van der Waals surface area contributed by atoms with Gasteiger partial charge in [0.25, 0.3) is 0 Å². The van der Waals surface area contributed by atoms with Gasteiger partial charge in [-0.2, -0.15) is 0 Å². The standard InChI is InChI=1S/C14H20N2O2/c15-11-6-5-7-12(10-11)16-14(17)18-13-8-3-1-2-4-9-13/h5-7,10,13H,1-4,8-9,15H2,(H,16,17). The molecule has 0 bridgehead atoms. The normalized spacial score (nSPS) is 16.9. The summed E-state index contributed by atoms with van der Waals surface area (Å²) >= 11 is 0. The van der Waals surface area contributed by atoms with Gasteiger partial charge in [0, 0.05) is 11.4 Å². The van der Waals surface area contributed by atoms with Crippen molar-refractivity contribution in [3.05, 3.63) is 24.3 Å². The average molecular weight is 248 g/mol. The number of nitrogen functional groups attached to an aromatic ring is 1. The molecule has 1 aliphatic rings. The van der Waals surface area contributed by atoms with Gasteiger partial charge in [-0.05, 0) is 43.9 Å². The highest BCUT2D eigenvalue weighted by Crippen LogP contribution is 2.20. The number of benzene rings is 1. The molecular weight excluding hydrogens is 228 g/mol. The zero-order chi connectivity index (χ0) is 12.8. The Hall–Kier alpha value is -1.71. The van der Waals surface area contributed by atoms with Crippen molar-refractivity contribution in [3.8, 4) is 0 Å². The van der Waals surface area contributed by atoms with Crippen molar-refractivity contribution in [2.24, 2.45) is 0 Å². The highest BCUT2D eigenvalue weighted by molar-refractivity contribution is 5.85. The largest absolute Gasteiger partial charge is 0.446 e. The second-order valence-electron chi connectivity index (χ2n) is 4.77. The number of rotatable bonds is 2. The molecule has 1 aromatic rings. The van der Waals surface area contributed by atoms with E-state index >= 15 is 0 Å².